The number of hydrogen-bond acceptors (Lipinski definition) is 8. The number of aliphatic imine (C=N–C) groups is 1. The minimum Gasteiger partial charge on any atom is -0.497 e. The lowest BCUT2D eigenvalue weighted by molar-refractivity contribution is -0.136. The van der Waals surface area contributed by atoms with Crippen molar-refractivity contribution in [1.82, 2.24) is 10.2 Å². The first-order valence-electron chi connectivity index (χ1n) is 10.0. The molecule has 8 nitrogen and oxygen atoms in total. The van der Waals surface area contributed by atoms with Crippen molar-refractivity contribution in [3.8, 4) is 11.5 Å². The number of ether oxygens (including phenoxy) is 3. The van der Waals surface area contributed by atoms with E-state index in [1.165, 1.54) is 18.9 Å². The van der Waals surface area contributed by atoms with Gasteiger partial charge < -0.3 is 24.4 Å². The fraction of sp³-hybridized carbons (Fsp3) is 0.409. The highest BCUT2D eigenvalue weighted by Crippen LogP contribution is 2.47. The van der Waals surface area contributed by atoms with E-state index >= 15 is 0 Å². The molecule has 0 saturated heterocycles. The zero-order valence-electron chi connectivity index (χ0n) is 17.9. The first-order valence-corrected chi connectivity index (χ1v) is 10.9. The Morgan fingerprint density at radius 2 is 2.00 bits per heavy atom. The van der Waals surface area contributed by atoms with E-state index in [4.69, 9.17) is 14.2 Å². The maximum absolute atomic E-state index is 12.8. The second-order valence-electron chi connectivity index (χ2n) is 7.51. The van der Waals surface area contributed by atoms with Gasteiger partial charge in [-0.25, -0.2) is 9.79 Å². The number of fused-ring (bicyclic) bond motifs is 1. The van der Waals surface area contributed by atoms with Crippen LogP contribution in [0.4, 0.5) is 0 Å². The Morgan fingerprint density at radius 1 is 1.23 bits per heavy atom. The van der Waals surface area contributed by atoms with E-state index in [2.05, 4.69) is 10.3 Å². The van der Waals surface area contributed by atoms with Crippen molar-refractivity contribution in [3.63, 3.8) is 0 Å². The highest BCUT2D eigenvalue weighted by molar-refractivity contribution is 8.16. The summed E-state index contributed by atoms with van der Waals surface area (Å²) < 4.78 is 16.1. The summed E-state index contributed by atoms with van der Waals surface area (Å²) in [7, 11) is 4.51. The molecule has 1 amide bonds. The number of methoxy groups -OCH3 is 3. The number of amidine groups is 1. The molecule has 2 heterocycles. The number of amides is 1. The van der Waals surface area contributed by atoms with E-state index in [0.717, 1.165) is 24.1 Å². The third-order valence-electron chi connectivity index (χ3n) is 5.43. The van der Waals surface area contributed by atoms with Crippen molar-refractivity contribution in [2.45, 2.75) is 38.3 Å². The number of nitrogens with one attached hydrogen (secondary N) is 1. The monoisotopic (exact) mass is 443 g/mol. The van der Waals surface area contributed by atoms with E-state index in [-0.39, 0.29) is 18.4 Å². The third kappa shape index (κ3) is 4.14. The van der Waals surface area contributed by atoms with E-state index in [1.807, 2.05) is 22.4 Å². The minimum absolute atomic E-state index is 0.0399. The molecule has 1 aliphatic carbocycles. The average Bonchev–Trinajstić information content (AvgIpc) is 3.50. The van der Waals surface area contributed by atoms with E-state index in [0.29, 0.717) is 27.9 Å². The van der Waals surface area contributed by atoms with Crippen LogP contribution >= 0.6 is 11.8 Å². The van der Waals surface area contributed by atoms with Gasteiger partial charge in [-0.15, -0.1) is 0 Å². The molecule has 31 heavy (non-hydrogen) atoms. The summed E-state index contributed by atoms with van der Waals surface area (Å²) in [5.74, 6) is 0.697. The van der Waals surface area contributed by atoms with Crippen LogP contribution in [-0.4, -0.2) is 49.3 Å². The molecule has 3 aliphatic rings. The lowest BCUT2D eigenvalue weighted by atomic mass is 9.93. The predicted molar refractivity (Wildman–Crippen MR) is 118 cm³/mol. The number of hydrogen-bond donors (Lipinski definition) is 1. The topological polar surface area (TPSA) is 89.5 Å². The van der Waals surface area contributed by atoms with E-state index in [9.17, 15) is 9.59 Å². The summed E-state index contributed by atoms with van der Waals surface area (Å²) in [6.07, 6.45) is 2.25. The van der Waals surface area contributed by atoms with Gasteiger partial charge in [-0.1, -0.05) is 11.8 Å². The van der Waals surface area contributed by atoms with Crippen LogP contribution < -0.4 is 14.8 Å². The SMILES string of the molecule is COC(=O)C1=C(C)N=C2SC=C(CC(=O)NC3CC3)N2C1c1ccc(OC)cc1OC. The molecule has 164 valence electrons. The van der Waals surface area contributed by atoms with Gasteiger partial charge in [-0.2, -0.15) is 0 Å². The summed E-state index contributed by atoms with van der Waals surface area (Å²) in [6, 6.07) is 5.20. The van der Waals surface area contributed by atoms with Crippen LogP contribution in [0.3, 0.4) is 0 Å². The van der Waals surface area contributed by atoms with Gasteiger partial charge in [0.1, 0.15) is 11.5 Å². The van der Waals surface area contributed by atoms with Crippen molar-refractivity contribution in [2.24, 2.45) is 4.99 Å². The first kappa shape index (κ1) is 21.3. The first-order chi connectivity index (χ1) is 15.0. The van der Waals surface area contributed by atoms with Crippen molar-refractivity contribution >= 4 is 28.8 Å². The molecule has 1 unspecified atom stereocenters. The second kappa shape index (κ2) is 8.66. The van der Waals surface area contributed by atoms with Gasteiger partial charge in [0.05, 0.1) is 45.1 Å². The molecular weight excluding hydrogens is 418 g/mol. The lowest BCUT2D eigenvalue weighted by Crippen LogP contribution is -2.38. The molecule has 0 bridgehead atoms. The van der Waals surface area contributed by atoms with Gasteiger partial charge in [0.2, 0.25) is 5.91 Å². The maximum atomic E-state index is 12.8. The summed E-state index contributed by atoms with van der Waals surface area (Å²) in [5.41, 5.74) is 2.52. The molecular formula is C22H25N3O5S. The molecule has 0 radical (unpaired) electrons. The number of allylic oxidation sites excluding steroid dienone is 1. The number of thioether (sulfide) groups is 1. The molecule has 1 N–H and O–H groups in total. The van der Waals surface area contributed by atoms with Crippen LogP contribution in [0.15, 0.2) is 45.6 Å². The fourth-order valence-corrected chi connectivity index (χ4v) is 4.71. The maximum Gasteiger partial charge on any atom is 0.338 e. The van der Waals surface area contributed by atoms with Gasteiger partial charge in [0, 0.05) is 23.4 Å². The van der Waals surface area contributed by atoms with E-state index in [1.54, 1.807) is 27.2 Å². The molecule has 1 atom stereocenters. The number of esters is 1. The zero-order valence-corrected chi connectivity index (χ0v) is 18.7. The standard InChI is InChI=1S/C22H25N3O5S/c1-12-19(21(27)30-4)20(16-8-7-15(28-2)10-17(16)29-3)25-14(11-31-22(25)23-12)9-18(26)24-13-5-6-13/h7-8,10-11,13,20H,5-6,9H2,1-4H3,(H,24,26). The summed E-state index contributed by atoms with van der Waals surface area (Å²) in [4.78, 5) is 31.9. The van der Waals surface area contributed by atoms with Gasteiger partial charge in [-0.3, -0.25) is 4.79 Å². The van der Waals surface area contributed by atoms with Gasteiger partial charge in [0.15, 0.2) is 5.17 Å². The molecule has 1 fully saturated rings. The highest BCUT2D eigenvalue weighted by atomic mass is 32.2. The number of rotatable bonds is 7. The Kier molecular flexibility index (Phi) is 5.95. The van der Waals surface area contributed by atoms with Crippen molar-refractivity contribution in [1.29, 1.82) is 0 Å². The predicted octanol–water partition coefficient (Wildman–Crippen LogP) is 3.12. The fourth-order valence-electron chi connectivity index (χ4n) is 3.75. The Bertz CT molecular complexity index is 1010. The number of carbonyl (C=O) groups excluding carboxylic acids is 2. The smallest absolute Gasteiger partial charge is 0.338 e. The largest absolute Gasteiger partial charge is 0.497 e. The molecule has 0 spiro atoms. The minimum atomic E-state index is -0.546. The Hall–Kier alpha value is -2.94. The number of nitrogens with zero attached hydrogens (tertiary/aromatic N) is 2. The van der Waals surface area contributed by atoms with Crippen molar-refractivity contribution in [3.05, 3.63) is 46.1 Å². The molecule has 9 heteroatoms. The molecule has 2 aliphatic heterocycles. The van der Waals surface area contributed by atoms with E-state index < -0.39 is 12.0 Å². The Morgan fingerprint density at radius 3 is 2.65 bits per heavy atom. The molecule has 0 aromatic heterocycles. The Labute approximate surface area is 185 Å². The zero-order chi connectivity index (χ0) is 22.1. The lowest BCUT2D eigenvalue weighted by Gasteiger charge is -2.36. The van der Waals surface area contributed by atoms with Gasteiger partial charge in [0.25, 0.3) is 0 Å². The van der Waals surface area contributed by atoms with Crippen LogP contribution in [0, 0.1) is 0 Å². The molecule has 1 saturated carbocycles. The molecule has 1 aromatic rings. The summed E-state index contributed by atoms with van der Waals surface area (Å²) >= 11 is 1.44. The average molecular weight is 444 g/mol. The van der Waals surface area contributed by atoms with Crippen LogP contribution in [0.5, 0.6) is 11.5 Å². The molecule has 4 rings (SSSR count). The quantitative estimate of drug-likeness (QED) is 0.648. The Balaban J connectivity index is 1.77. The van der Waals surface area contributed by atoms with Crippen LogP contribution in [0.2, 0.25) is 0 Å². The van der Waals surface area contributed by atoms with Crippen molar-refractivity contribution in [2.75, 3.05) is 21.3 Å². The van der Waals surface area contributed by atoms with Gasteiger partial charge >= 0.3 is 5.97 Å². The summed E-state index contributed by atoms with van der Waals surface area (Å²) in [6.45, 7) is 1.79. The second-order valence-corrected chi connectivity index (χ2v) is 8.35. The highest BCUT2D eigenvalue weighted by Gasteiger charge is 2.42. The van der Waals surface area contributed by atoms with Crippen LogP contribution in [0.25, 0.3) is 0 Å². The van der Waals surface area contributed by atoms with Crippen LogP contribution in [0.1, 0.15) is 37.8 Å². The van der Waals surface area contributed by atoms with Crippen molar-refractivity contribution < 1.29 is 23.8 Å². The number of carbonyl (C=O) groups is 2. The molecule has 1 aromatic carbocycles. The van der Waals surface area contributed by atoms with Gasteiger partial charge in [-0.05, 0) is 37.3 Å². The summed E-state index contributed by atoms with van der Waals surface area (Å²) in [5, 5.41) is 5.65. The van der Waals surface area contributed by atoms with Crippen LogP contribution in [-0.2, 0) is 14.3 Å². The third-order valence-corrected chi connectivity index (χ3v) is 6.31. The number of benzene rings is 1. The normalized spacial score (nSPS) is 20.0.